The molecule has 98 valence electrons. The molecule has 2 aromatic rings. The minimum atomic E-state index is -1.29. The molecular formula is C15H11F3O. The van der Waals surface area contributed by atoms with Crippen LogP contribution in [0.25, 0.3) is 11.1 Å². The highest BCUT2D eigenvalue weighted by molar-refractivity contribution is 5.95. The lowest BCUT2D eigenvalue weighted by atomic mass is 9.98. The molecule has 0 unspecified atom stereocenters. The van der Waals surface area contributed by atoms with Crippen molar-refractivity contribution in [2.45, 2.75) is 13.8 Å². The topological polar surface area (TPSA) is 17.1 Å². The lowest BCUT2D eigenvalue weighted by molar-refractivity contribution is 0.101. The molecule has 0 aliphatic heterocycles. The van der Waals surface area contributed by atoms with Crippen LogP contribution in [0.1, 0.15) is 22.8 Å². The molecule has 0 spiro atoms. The number of ketones is 1. The first-order chi connectivity index (χ1) is 8.91. The lowest BCUT2D eigenvalue weighted by Gasteiger charge is -2.09. The van der Waals surface area contributed by atoms with Crippen LogP contribution in [0.4, 0.5) is 13.2 Å². The van der Waals surface area contributed by atoms with Gasteiger partial charge in [-0.15, -0.1) is 0 Å². The number of halogens is 3. The summed E-state index contributed by atoms with van der Waals surface area (Å²) < 4.78 is 41.3. The Balaban J connectivity index is 2.75. The van der Waals surface area contributed by atoms with Gasteiger partial charge in [0.15, 0.2) is 17.4 Å². The Morgan fingerprint density at radius 3 is 2.11 bits per heavy atom. The molecule has 0 amide bonds. The second kappa shape index (κ2) is 4.88. The van der Waals surface area contributed by atoms with E-state index in [1.165, 1.54) is 12.1 Å². The minimum absolute atomic E-state index is 0.197. The molecular weight excluding hydrogens is 253 g/mol. The zero-order chi connectivity index (χ0) is 14.2. The summed E-state index contributed by atoms with van der Waals surface area (Å²) in [4.78, 5) is 11.2. The zero-order valence-corrected chi connectivity index (χ0v) is 10.4. The van der Waals surface area contributed by atoms with E-state index < -0.39 is 34.4 Å². The van der Waals surface area contributed by atoms with Crippen LogP contribution in [0.3, 0.4) is 0 Å². The van der Waals surface area contributed by atoms with Gasteiger partial charge in [-0.2, -0.15) is 0 Å². The highest BCUT2D eigenvalue weighted by Gasteiger charge is 2.21. The average molecular weight is 264 g/mol. The second-order valence-electron chi connectivity index (χ2n) is 4.33. The Morgan fingerprint density at radius 2 is 1.58 bits per heavy atom. The number of hydrogen-bond donors (Lipinski definition) is 0. The maximum atomic E-state index is 14.1. The van der Waals surface area contributed by atoms with E-state index in [4.69, 9.17) is 0 Å². The third kappa shape index (κ3) is 2.38. The number of benzene rings is 2. The molecule has 2 rings (SSSR count). The van der Waals surface area contributed by atoms with Crippen LogP contribution in [0.15, 0.2) is 30.3 Å². The Bertz CT molecular complexity index is 645. The van der Waals surface area contributed by atoms with Gasteiger partial charge >= 0.3 is 0 Å². The van der Waals surface area contributed by atoms with Gasteiger partial charge in [0.2, 0.25) is 0 Å². The fraction of sp³-hybridized carbons (Fsp3) is 0.133. The van der Waals surface area contributed by atoms with Gasteiger partial charge in [-0.3, -0.25) is 4.79 Å². The molecule has 0 aliphatic carbocycles. The van der Waals surface area contributed by atoms with Gasteiger partial charge in [0.25, 0.3) is 0 Å². The number of Topliss-reactive ketones (excluding diaryl/α,β-unsaturated/α-hetero) is 1. The normalized spacial score (nSPS) is 10.6. The van der Waals surface area contributed by atoms with E-state index in [1.54, 1.807) is 12.1 Å². The van der Waals surface area contributed by atoms with E-state index in [2.05, 4.69) is 0 Å². The summed E-state index contributed by atoms with van der Waals surface area (Å²) in [5.74, 6) is -4.20. The van der Waals surface area contributed by atoms with Crippen molar-refractivity contribution in [2.24, 2.45) is 0 Å². The summed E-state index contributed by atoms with van der Waals surface area (Å²) in [5.41, 5.74) is 0.148. The first kappa shape index (κ1) is 13.3. The summed E-state index contributed by atoms with van der Waals surface area (Å²) in [6.45, 7) is 2.93. The van der Waals surface area contributed by atoms with Crippen LogP contribution in [-0.2, 0) is 0 Å². The predicted octanol–water partition coefficient (Wildman–Crippen LogP) is 4.28. The summed E-state index contributed by atoms with van der Waals surface area (Å²) in [7, 11) is 0. The van der Waals surface area contributed by atoms with E-state index >= 15 is 0 Å². The van der Waals surface area contributed by atoms with Crippen molar-refractivity contribution in [1.29, 1.82) is 0 Å². The highest BCUT2D eigenvalue weighted by Crippen LogP contribution is 2.30. The van der Waals surface area contributed by atoms with Crippen molar-refractivity contribution in [3.05, 3.63) is 58.9 Å². The number of carbonyl (C=O) groups excluding carboxylic acids is 1. The summed E-state index contributed by atoms with van der Waals surface area (Å²) >= 11 is 0. The van der Waals surface area contributed by atoms with Gasteiger partial charge in [0.05, 0.1) is 11.1 Å². The Morgan fingerprint density at radius 1 is 1.00 bits per heavy atom. The number of hydrogen-bond acceptors (Lipinski definition) is 1. The monoisotopic (exact) mass is 264 g/mol. The molecule has 1 nitrogen and oxygen atoms in total. The van der Waals surface area contributed by atoms with Crippen molar-refractivity contribution in [3.8, 4) is 11.1 Å². The van der Waals surface area contributed by atoms with Crippen LogP contribution < -0.4 is 0 Å². The molecule has 0 aromatic heterocycles. The van der Waals surface area contributed by atoms with Gasteiger partial charge in [-0.25, -0.2) is 13.2 Å². The molecule has 0 atom stereocenters. The quantitative estimate of drug-likeness (QED) is 0.584. The molecule has 4 heteroatoms. The van der Waals surface area contributed by atoms with E-state index in [1.807, 2.05) is 6.92 Å². The Hall–Kier alpha value is -2.10. The van der Waals surface area contributed by atoms with E-state index in [0.717, 1.165) is 12.5 Å². The Kier molecular flexibility index (Phi) is 3.42. The van der Waals surface area contributed by atoms with E-state index in [9.17, 15) is 18.0 Å². The fourth-order valence-electron chi connectivity index (χ4n) is 1.83. The molecule has 0 bridgehead atoms. The van der Waals surface area contributed by atoms with Crippen molar-refractivity contribution >= 4 is 5.78 Å². The summed E-state index contributed by atoms with van der Waals surface area (Å²) in [6.07, 6.45) is 0. The van der Waals surface area contributed by atoms with Crippen molar-refractivity contribution in [1.82, 2.24) is 0 Å². The lowest BCUT2D eigenvalue weighted by Crippen LogP contribution is -2.04. The van der Waals surface area contributed by atoms with E-state index in [0.29, 0.717) is 6.07 Å². The van der Waals surface area contributed by atoms with Gasteiger partial charge in [0.1, 0.15) is 5.82 Å². The third-order valence-corrected chi connectivity index (χ3v) is 2.88. The molecule has 0 saturated heterocycles. The molecule has 0 saturated carbocycles. The summed E-state index contributed by atoms with van der Waals surface area (Å²) in [5, 5.41) is 0. The second-order valence-corrected chi connectivity index (χ2v) is 4.33. The first-order valence-corrected chi connectivity index (χ1v) is 5.67. The zero-order valence-electron chi connectivity index (χ0n) is 10.4. The number of rotatable bonds is 2. The average Bonchev–Trinajstić information content (AvgIpc) is 2.36. The highest BCUT2D eigenvalue weighted by atomic mass is 19.2. The summed E-state index contributed by atoms with van der Waals surface area (Å²) in [6, 6.07) is 6.88. The van der Waals surface area contributed by atoms with E-state index in [-0.39, 0.29) is 5.56 Å². The number of aryl methyl sites for hydroxylation is 1. The maximum absolute atomic E-state index is 14.1. The standard InChI is InChI=1S/C15H11F3O/c1-8-3-5-10(6-4-8)13-14(17)11(9(2)19)7-12(16)15(13)18/h3-7H,1-2H3. The minimum Gasteiger partial charge on any atom is -0.294 e. The van der Waals surface area contributed by atoms with Crippen LogP contribution in [0.5, 0.6) is 0 Å². The van der Waals surface area contributed by atoms with Crippen LogP contribution in [0, 0.1) is 24.4 Å². The van der Waals surface area contributed by atoms with Crippen LogP contribution >= 0.6 is 0 Å². The maximum Gasteiger partial charge on any atom is 0.169 e. The van der Waals surface area contributed by atoms with Crippen molar-refractivity contribution < 1.29 is 18.0 Å². The van der Waals surface area contributed by atoms with Gasteiger partial charge < -0.3 is 0 Å². The SMILES string of the molecule is CC(=O)c1cc(F)c(F)c(-c2ccc(C)cc2)c1F. The predicted molar refractivity (Wildman–Crippen MR) is 66.5 cm³/mol. The molecule has 2 aromatic carbocycles. The molecule has 0 aliphatic rings. The molecule has 19 heavy (non-hydrogen) atoms. The number of carbonyl (C=O) groups is 1. The van der Waals surface area contributed by atoms with Crippen LogP contribution in [0.2, 0.25) is 0 Å². The largest absolute Gasteiger partial charge is 0.294 e. The van der Waals surface area contributed by atoms with Crippen LogP contribution in [-0.4, -0.2) is 5.78 Å². The van der Waals surface area contributed by atoms with Crippen molar-refractivity contribution in [2.75, 3.05) is 0 Å². The molecule has 0 N–H and O–H groups in total. The third-order valence-electron chi connectivity index (χ3n) is 2.88. The van der Waals surface area contributed by atoms with Crippen molar-refractivity contribution in [3.63, 3.8) is 0 Å². The van der Waals surface area contributed by atoms with Gasteiger partial charge in [-0.05, 0) is 25.5 Å². The molecule has 0 radical (unpaired) electrons. The van der Waals surface area contributed by atoms with Gasteiger partial charge in [0, 0.05) is 0 Å². The fourth-order valence-corrected chi connectivity index (χ4v) is 1.83. The molecule has 0 heterocycles. The van der Waals surface area contributed by atoms with Gasteiger partial charge in [-0.1, -0.05) is 29.8 Å². The Labute approximate surface area is 108 Å². The smallest absolute Gasteiger partial charge is 0.169 e. The first-order valence-electron chi connectivity index (χ1n) is 5.67. The molecule has 0 fully saturated rings.